The zero-order valence-electron chi connectivity index (χ0n) is 13.3. The zero-order valence-corrected chi connectivity index (χ0v) is 14.2. The number of nitrogens with zero attached hydrogens (tertiary/aromatic N) is 1. The highest BCUT2D eigenvalue weighted by Crippen LogP contribution is 2.27. The molecule has 0 saturated carbocycles. The van der Waals surface area contributed by atoms with Crippen LogP contribution in [0.2, 0.25) is 0 Å². The van der Waals surface area contributed by atoms with Crippen molar-refractivity contribution in [3.05, 3.63) is 23.3 Å². The molecule has 1 aromatic rings. The molecule has 1 fully saturated rings. The topological polar surface area (TPSA) is 75.7 Å². The molecule has 1 aliphatic heterocycles. The number of benzene rings is 1. The van der Waals surface area contributed by atoms with Gasteiger partial charge in [-0.1, -0.05) is 0 Å². The van der Waals surface area contributed by atoms with E-state index in [1.165, 1.54) is 7.11 Å². The lowest BCUT2D eigenvalue weighted by atomic mass is 10.1. The first kappa shape index (κ1) is 16.8. The lowest BCUT2D eigenvalue weighted by Crippen LogP contribution is -2.31. The summed E-state index contributed by atoms with van der Waals surface area (Å²) in [5.41, 5.74) is 1.86. The SMILES string of the molecule is COc1cc(C)c(C)cc1S(=O)(=O)NCC1CC(=O)N(C)C1. The van der Waals surface area contributed by atoms with Crippen molar-refractivity contribution in [2.24, 2.45) is 5.92 Å². The van der Waals surface area contributed by atoms with E-state index in [-0.39, 0.29) is 23.3 Å². The van der Waals surface area contributed by atoms with Crippen LogP contribution in [0.25, 0.3) is 0 Å². The maximum Gasteiger partial charge on any atom is 0.244 e. The number of methoxy groups -OCH3 is 1. The van der Waals surface area contributed by atoms with Gasteiger partial charge in [0.1, 0.15) is 10.6 Å². The predicted octanol–water partition coefficient (Wildman–Crippen LogP) is 1.07. The van der Waals surface area contributed by atoms with E-state index >= 15 is 0 Å². The molecule has 7 heteroatoms. The van der Waals surface area contributed by atoms with E-state index in [2.05, 4.69) is 4.72 Å². The highest BCUT2D eigenvalue weighted by atomic mass is 32.2. The van der Waals surface area contributed by atoms with Crippen molar-refractivity contribution in [1.29, 1.82) is 0 Å². The largest absolute Gasteiger partial charge is 0.495 e. The molecular formula is C15H22N2O4S. The molecule has 2 rings (SSSR count). The second-order valence-corrected chi connectivity index (χ2v) is 7.52. The first-order valence-corrected chi connectivity index (χ1v) is 8.61. The van der Waals surface area contributed by atoms with Crippen LogP contribution in [0, 0.1) is 19.8 Å². The summed E-state index contributed by atoms with van der Waals surface area (Å²) in [5.74, 6) is 0.382. The maximum atomic E-state index is 12.5. The number of carbonyl (C=O) groups excluding carboxylic acids is 1. The van der Waals surface area contributed by atoms with E-state index in [0.717, 1.165) is 11.1 Å². The molecule has 0 radical (unpaired) electrons. The lowest BCUT2D eigenvalue weighted by molar-refractivity contribution is -0.126. The van der Waals surface area contributed by atoms with Gasteiger partial charge in [-0.2, -0.15) is 0 Å². The number of nitrogens with one attached hydrogen (secondary N) is 1. The first-order chi connectivity index (χ1) is 10.2. The second-order valence-electron chi connectivity index (χ2n) is 5.78. The minimum atomic E-state index is -3.67. The Morgan fingerprint density at radius 1 is 1.32 bits per heavy atom. The van der Waals surface area contributed by atoms with E-state index < -0.39 is 10.0 Å². The average molecular weight is 326 g/mol. The molecule has 22 heavy (non-hydrogen) atoms. The summed E-state index contributed by atoms with van der Waals surface area (Å²) in [4.78, 5) is 13.2. The number of likely N-dealkylation sites (tertiary alicyclic amines) is 1. The van der Waals surface area contributed by atoms with Gasteiger partial charge in [0, 0.05) is 26.6 Å². The van der Waals surface area contributed by atoms with Gasteiger partial charge in [-0.05, 0) is 43.0 Å². The average Bonchev–Trinajstić information content (AvgIpc) is 2.78. The molecule has 0 spiro atoms. The van der Waals surface area contributed by atoms with Gasteiger partial charge in [0.2, 0.25) is 15.9 Å². The van der Waals surface area contributed by atoms with Gasteiger partial charge in [0.05, 0.1) is 7.11 Å². The van der Waals surface area contributed by atoms with Crippen LogP contribution in [-0.2, 0) is 14.8 Å². The van der Waals surface area contributed by atoms with Crippen LogP contribution in [0.5, 0.6) is 5.75 Å². The quantitative estimate of drug-likeness (QED) is 0.878. The number of carbonyl (C=O) groups is 1. The third-order valence-corrected chi connectivity index (χ3v) is 5.50. The minimum absolute atomic E-state index is 0.00446. The number of aryl methyl sites for hydroxylation is 2. The highest BCUT2D eigenvalue weighted by molar-refractivity contribution is 7.89. The van der Waals surface area contributed by atoms with Gasteiger partial charge in [-0.15, -0.1) is 0 Å². The molecule has 1 N–H and O–H groups in total. The third kappa shape index (κ3) is 3.41. The lowest BCUT2D eigenvalue weighted by Gasteiger charge is -2.15. The van der Waals surface area contributed by atoms with Crippen molar-refractivity contribution in [3.8, 4) is 5.75 Å². The molecule has 1 aromatic carbocycles. The molecule has 0 aliphatic carbocycles. The summed E-state index contributed by atoms with van der Waals surface area (Å²) in [6, 6.07) is 3.33. The van der Waals surface area contributed by atoms with Crippen LogP contribution in [-0.4, -0.2) is 46.5 Å². The first-order valence-electron chi connectivity index (χ1n) is 7.13. The fourth-order valence-electron chi connectivity index (χ4n) is 2.53. The van der Waals surface area contributed by atoms with Crippen molar-refractivity contribution in [3.63, 3.8) is 0 Å². The Morgan fingerprint density at radius 3 is 2.50 bits per heavy atom. The van der Waals surface area contributed by atoms with Gasteiger partial charge in [0.15, 0.2) is 0 Å². The number of rotatable bonds is 5. The Morgan fingerprint density at radius 2 is 1.95 bits per heavy atom. The normalized spacial score (nSPS) is 18.8. The van der Waals surface area contributed by atoms with Crippen molar-refractivity contribution < 1.29 is 17.9 Å². The zero-order chi connectivity index (χ0) is 16.5. The van der Waals surface area contributed by atoms with Crippen molar-refractivity contribution in [1.82, 2.24) is 9.62 Å². The van der Waals surface area contributed by atoms with Crippen LogP contribution < -0.4 is 9.46 Å². The Bertz CT molecular complexity index is 685. The van der Waals surface area contributed by atoms with Crippen molar-refractivity contribution in [2.45, 2.75) is 25.2 Å². The van der Waals surface area contributed by atoms with E-state index in [4.69, 9.17) is 4.74 Å². The Balaban J connectivity index is 2.17. The molecule has 1 unspecified atom stereocenters. The van der Waals surface area contributed by atoms with Crippen LogP contribution >= 0.6 is 0 Å². The van der Waals surface area contributed by atoms with Crippen LogP contribution in [0.15, 0.2) is 17.0 Å². The van der Waals surface area contributed by atoms with Gasteiger partial charge >= 0.3 is 0 Å². The molecule has 122 valence electrons. The highest BCUT2D eigenvalue weighted by Gasteiger charge is 2.29. The Kier molecular flexibility index (Phi) is 4.77. The number of hydrogen-bond acceptors (Lipinski definition) is 4. The number of hydrogen-bond donors (Lipinski definition) is 1. The molecule has 1 aliphatic rings. The smallest absolute Gasteiger partial charge is 0.244 e. The van der Waals surface area contributed by atoms with Crippen LogP contribution in [0.1, 0.15) is 17.5 Å². The molecule has 6 nitrogen and oxygen atoms in total. The van der Waals surface area contributed by atoms with Gasteiger partial charge in [-0.25, -0.2) is 13.1 Å². The molecule has 1 amide bonds. The summed E-state index contributed by atoms with van der Waals surface area (Å²) in [6.07, 6.45) is 0.378. The number of amides is 1. The molecule has 0 aromatic heterocycles. The number of sulfonamides is 1. The summed E-state index contributed by atoms with van der Waals surface area (Å²) in [5, 5.41) is 0. The molecule has 1 atom stereocenters. The third-order valence-electron chi connectivity index (χ3n) is 4.05. The molecule has 1 heterocycles. The van der Waals surface area contributed by atoms with E-state index in [0.29, 0.717) is 18.7 Å². The van der Waals surface area contributed by atoms with Crippen LogP contribution in [0.3, 0.4) is 0 Å². The van der Waals surface area contributed by atoms with E-state index in [1.54, 1.807) is 24.1 Å². The maximum absolute atomic E-state index is 12.5. The minimum Gasteiger partial charge on any atom is -0.495 e. The van der Waals surface area contributed by atoms with Crippen molar-refractivity contribution >= 4 is 15.9 Å². The second kappa shape index (κ2) is 6.26. The summed E-state index contributed by atoms with van der Waals surface area (Å²) in [7, 11) is -0.492. The molecule has 0 bridgehead atoms. The Hall–Kier alpha value is -1.60. The van der Waals surface area contributed by atoms with Crippen LogP contribution in [0.4, 0.5) is 0 Å². The number of ether oxygens (including phenoxy) is 1. The molecular weight excluding hydrogens is 304 g/mol. The van der Waals surface area contributed by atoms with E-state index in [1.807, 2.05) is 13.8 Å². The summed E-state index contributed by atoms with van der Waals surface area (Å²) in [6.45, 7) is 4.58. The summed E-state index contributed by atoms with van der Waals surface area (Å²) < 4.78 is 32.8. The Labute approximate surface area is 131 Å². The van der Waals surface area contributed by atoms with Gasteiger partial charge in [-0.3, -0.25) is 4.79 Å². The predicted molar refractivity (Wildman–Crippen MR) is 83.4 cm³/mol. The summed E-state index contributed by atoms with van der Waals surface area (Å²) >= 11 is 0. The monoisotopic (exact) mass is 326 g/mol. The van der Waals surface area contributed by atoms with Crippen molar-refractivity contribution in [2.75, 3.05) is 27.2 Å². The fraction of sp³-hybridized carbons (Fsp3) is 0.533. The standard InChI is InChI=1S/C15H22N2O4S/c1-10-5-13(21-4)14(6-11(10)2)22(19,20)16-8-12-7-15(18)17(3)9-12/h5-6,12,16H,7-9H2,1-4H3. The van der Waals surface area contributed by atoms with Gasteiger partial charge in [0.25, 0.3) is 0 Å². The molecule has 1 saturated heterocycles. The van der Waals surface area contributed by atoms with E-state index in [9.17, 15) is 13.2 Å². The fourth-order valence-corrected chi connectivity index (χ4v) is 3.88. The van der Waals surface area contributed by atoms with Gasteiger partial charge < -0.3 is 9.64 Å².